The highest BCUT2D eigenvalue weighted by atomic mass is 16.2. The van der Waals surface area contributed by atoms with E-state index in [1.54, 1.807) is 12.1 Å². The van der Waals surface area contributed by atoms with Gasteiger partial charge in [-0.15, -0.1) is 0 Å². The molecule has 2 amide bonds. The molecule has 96 valence electrons. The maximum Gasteiger partial charge on any atom is 0.253 e. The average Bonchev–Trinajstić information content (AvgIpc) is 2.41. The number of hydrogen-bond acceptors (Lipinski definition) is 5. The zero-order chi connectivity index (χ0) is 13.0. The van der Waals surface area contributed by atoms with E-state index in [9.17, 15) is 9.59 Å². The Balaban J connectivity index is 1.92. The van der Waals surface area contributed by atoms with Crippen LogP contribution in [0.25, 0.3) is 0 Å². The number of hydrogen-bond donors (Lipinski definition) is 4. The second-order valence-corrected chi connectivity index (χ2v) is 4.09. The molecule has 1 aliphatic heterocycles. The van der Waals surface area contributed by atoms with Gasteiger partial charge in [0.1, 0.15) is 5.82 Å². The number of nitrogens with two attached hydrogens (primary N) is 1. The van der Waals surface area contributed by atoms with Crippen LogP contribution < -0.4 is 21.9 Å². The van der Waals surface area contributed by atoms with Crippen LogP contribution in [-0.2, 0) is 4.79 Å². The zero-order valence-electron chi connectivity index (χ0n) is 9.77. The van der Waals surface area contributed by atoms with E-state index in [-0.39, 0.29) is 17.9 Å². The lowest BCUT2D eigenvalue weighted by atomic mass is 10.1. The second kappa shape index (κ2) is 5.46. The molecular formula is C11H15N5O2. The van der Waals surface area contributed by atoms with Gasteiger partial charge in [0.2, 0.25) is 5.91 Å². The number of carbonyl (C=O) groups excluding carboxylic acids is 2. The Hall–Kier alpha value is -2.15. The first kappa shape index (κ1) is 12.3. The molecule has 0 saturated carbocycles. The Labute approximate surface area is 104 Å². The van der Waals surface area contributed by atoms with Crippen LogP contribution in [0.5, 0.6) is 0 Å². The fourth-order valence-corrected chi connectivity index (χ4v) is 1.74. The summed E-state index contributed by atoms with van der Waals surface area (Å²) in [6.45, 7) is 0.473. The zero-order valence-corrected chi connectivity index (χ0v) is 9.77. The number of carbonyl (C=O) groups is 2. The van der Waals surface area contributed by atoms with Gasteiger partial charge in [0.25, 0.3) is 5.91 Å². The van der Waals surface area contributed by atoms with E-state index in [2.05, 4.69) is 21.0 Å². The third-order valence-electron chi connectivity index (χ3n) is 2.77. The number of nitrogens with one attached hydrogen (secondary N) is 3. The van der Waals surface area contributed by atoms with E-state index >= 15 is 0 Å². The molecular weight excluding hydrogens is 234 g/mol. The number of anilines is 1. The molecule has 1 aliphatic rings. The van der Waals surface area contributed by atoms with Gasteiger partial charge >= 0.3 is 0 Å². The van der Waals surface area contributed by atoms with Crippen LogP contribution in [0, 0.1) is 0 Å². The first-order chi connectivity index (χ1) is 8.69. The standard InChI is InChI=1S/C11H15N5O2/c12-16-9-3-1-7(5-13-9)11(18)15-8-2-4-10(17)14-6-8/h1,3,5,8H,2,4,6,12H2,(H,13,16)(H,14,17)(H,15,18). The van der Waals surface area contributed by atoms with Crippen molar-refractivity contribution in [3.05, 3.63) is 23.9 Å². The molecule has 1 unspecified atom stereocenters. The van der Waals surface area contributed by atoms with E-state index in [1.165, 1.54) is 6.20 Å². The molecule has 1 atom stereocenters. The molecule has 2 heterocycles. The van der Waals surface area contributed by atoms with Gasteiger partial charge in [0, 0.05) is 25.2 Å². The molecule has 0 radical (unpaired) electrons. The highest BCUT2D eigenvalue weighted by Crippen LogP contribution is 2.06. The van der Waals surface area contributed by atoms with Gasteiger partial charge in [0.05, 0.1) is 5.56 Å². The summed E-state index contributed by atoms with van der Waals surface area (Å²) >= 11 is 0. The molecule has 1 aromatic heterocycles. The van der Waals surface area contributed by atoms with Gasteiger partial charge in [-0.05, 0) is 18.6 Å². The third kappa shape index (κ3) is 2.95. The number of nitrogens with zero attached hydrogens (tertiary/aromatic N) is 1. The summed E-state index contributed by atoms with van der Waals surface area (Å²) in [5.41, 5.74) is 2.85. The number of rotatable bonds is 3. The molecule has 7 heteroatoms. The van der Waals surface area contributed by atoms with Crippen molar-refractivity contribution in [2.45, 2.75) is 18.9 Å². The Morgan fingerprint density at radius 2 is 2.33 bits per heavy atom. The summed E-state index contributed by atoms with van der Waals surface area (Å²) in [5.74, 6) is 5.51. The minimum atomic E-state index is -0.202. The number of pyridine rings is 1. The molecule has 0 bridgehead atoms. The summed E-state index contributed by atoms with van der Waals surface area (Å²) in [6.07, 6.45) is 2.55. The number of nitrogen functional groups attached to an aromatic ring is 1. The quantitative estimate of drug-likeness (QED) is 0.421. The molecule has 0 aliphatic carbocycles. The third-order valence-corrected chi connectivity index (χ3v) is 2.77. The van der Waals surface area contributed by atoms with Crippen LogP contribution in [0.15, 0.2) is 18.3 Å². The van der Waals surface area contributed by atoms with Gasteiger partial charge in [-0.1, -0.05) is 0 Å². The van der Waals surface area contributed by atoms with E-state index in [0.717, 1.165) is 0 Å². The minimum Gasteiger partial charge on any atom is -0.354 e. The van der Waals surface area contributed by atoms with E-state index < -0.39 is 0 Å². The van der Waals surface area contributed by atoms with Crippen molar-refractivity contribution in [2.75, 3.05) is 12.0 Å². The van der Waals surface area contributed by atoms with Crippen LogP contribution in [0.4, 0.5) is 5.82 Å². The van der Waals surface area contributed by atoms with Crippen LogP contribution >= 0.6 is 0 Å². The molecule has 1 aromatic rings. The topological polar surface area (TPSA) is 109 Å². The number of amides is 2. The van der Waals surface area contributed by atoms with E-state index in [0.29, 0.717) is 30.8 Å². The van der Waals surface area contributed by atoms with Crippen LogP contribution in [0.3, 0.4) is 0 Å². The summed E-state index contributed by atoms with van der Waals surface area (Å²) in [5, 5.41) is 5.56. The Morgan fingerprint density at radius 3 is 2.89 bits per heavy atom. The average molecular weight is 249 g/mol. The first-order valence-corrected chi connectivity index (χ1v) is 5.69. The fraction of sp³-hybridized carbons (Fsp3) is 0.364. The summed E-state index contributed by atoms with van der Waals surface area (Å²) in [4.78, 5) is 26.8. The lowest BCUT2D eigenvalue weighted by Crippen LogP contribution is -2.47. The van der Waals surface area contributed by atoms with Crippen LogP contribution in [-0.4, -0.2) is 29.4 Å². The monoisotopic (exact) mass is 249 g/mol. The summed E-state index contributed by atoms with van der Waals surface area (Å²) in [6, 6.07) is 3.23. The highest BCUT2D eigenvalue weighted by Gasteiger charge is 2.20. The highest BCUT2D eigenvalue weighted by molar-refractivity contribution is 5.94. The van der Waals surface area contributed by atoms with Crippen LogP contribution in [0.2, 0.25) is 0 Å². The molecule has 7 nitrogen and oxygen atoms in total. The van der Waals surface area contributed by atoms with E-state index in [1.807, 2.05) is 0 Å². The molecule has 0 spiro atoms. The SMILES string of the molecule is NNc1ccc(C(=O)NC2CCC(=O)NC2)cn1. The minimum absolute atomic E-state index is 0.0255. The lowest BCUT2D eigenvalue weighted by Gasteiger charge is -2.23. The second-order valence-electron chi connectivity index (χ2n) is 4.09. The molecule has 1 saturated heterocycles. The van der Waals surface area contributed by atoms with Crippen molar-refractivity contribution < 1.29 is 9.59 Å². The normalized spacial score (nSPS) is 18.9. The molecule has 5 N–H and O–H groups in total. The predicted molar refractivity (Wildman–Crippen MR) is 65.5 cm³/mol. The van der Waals surface area contributed by atoms with E-state index in [4.69, 9.17) is 5.84 Å². The Kier molecular flexibility index (Phi) is 3.73. The van der Waals surface area contributed by atoms with Crippen molar-refractivity contribution in [3.63, 3.8) is 0 Å². The van der Waals surface area contributed by atoms with Gasteiger partial charge in [-0.3, -0.25) is 9.59 Å². The molecule has 0 aromatic carbocycles. The Bertz CT molecular complexity index is 435. The fourth-order valence-electron chi connectivity index (χ4n) is 1.74. The lowest BCUT2D eigenvalue weighted by molar-refractivity contribution is -0.122. The largest absolute Gasteiger partial charge is 0.354 e. The van der Waals surface area contributed by atoms with Crippen molar-refractivity contribution in [1.29, 1.82) is 0 Å². The van der Waals surface area contributed by atoms with Crippen molar-refractivity contribution in [1.82, 2.24) is 15.6 Å². The van der Waals surface area contributed by atoms with Crippen molar-refractivity contribution in [2.24, 2.45) is 5.84 Å². The number of piperidine rings is 1. The Morgan fingerprint density at radius 1 is 1.50 bits per heavy atom. The molecule has 1 fully saturated rings. The van der Waals surface area contributed by atoms with Crippen LogP contribution in [0.1, 0.15) is 23.2 Å². The smallest absolute Gasteiger partial charge is 0.253 e. The summed E-state index contributed by atoms with van der Waals surface area (Å²) in [7, 11) is 0. The predicted octanol–water partition coefficient (Wildman–Crippen LogP) is -0.624. The van der Waals surface area contributed by atoms with Gasteiger partial charge < -0.3 is 16.1 Å². The van der Waals surface area contributed by atoms with Gasteiger partial charge in [0.15, 0.2) is 0 Å². The van der Waals surface area contributed by atoms with Crippen molar-refractivity contribution in [3.8, 4) is 0 Å². The molecule has 18 heavy (non-hydrogen) atoms. The number of hydrazine groups is 1. The van der Waals surface area contributed by atoms with Gasteiger partial charge in [-0.25, -0.2) is 10.8 Å². The van der Waals surface area contributed by atoms with Gasteiger partial charge in [-0.2, -0.15) is 0 Å². The maximum atomic E-state index is 11.9. The van der Waals surface area contributed by atoms with Crippen molar-refractivity contribution >= 4 is 17.6 Å². The molecule has 2 rings (SSSR count). The first-order valence-electron chi connectivity index (χ1n) is 5.69. The maximum absolute atomic E-state index is 11.9. The number of aromatic nitrogens is 1. The summed E-state index contributed by atoms with van der Waals surface area (Å²) < 4.78 is 0.